The molecule has 1 heterocycles. The average molecular weight is 279 g/mol. The summed E-state index contributed by atoms with van der Waals surface area (Å²) in [6, 6.07) is 5.82. The van der Waals surface area contributed by atoms with E-state index in [2.05, 4.69) is 10.2 Å². The molecule has 102 valence electrons. The van der Waals surface area contributed by atoms with E-state index in [1.807, 2.05) is 32.0 Å². The lowest BCUT2D eigenvalue weighted by Gasteiger charge is -2.06. The van der Waals surface area contributed by atoms with Gasteiger partial charge in [-0.2, -0.15) is 0 Å². The van der Waals surface area contributed by atoms with Gasteiger partial charge in [-0.25, -0.2) is 9.89 Å². The molecule has 0 saturated heterocycles. The van der Waals surface area contributed by atoms with Crippen molar-refractivity contribution in [2.45, 2.75) is 43.5 Å². The number of nitrogens with zero attached hydrogens (tertiary/aromatic N) is 2. The number of rotatable bonds is 5. The van der Waals surface area contributed by atoms with Crippen LogP contribution in [0.3, 0.4) is 0 Å². The van der Waals surface area contributed by atoms with Crippen molar-refractivity contribution in [3.8, 4) is 0 Å². The normalized spacial score (nSPS) is 10.9. The monoisotopic (exact) mass is 279 g/mol. The molecule has 6 heteroatoms. The van der Waals surface area contributed by atoms with Gasteiger partial charge < -0.3 is 5.11 Å². The van der Waals surface area contributed by atoms with Crippen LogP contribution in [0.5, 0.6) is 0 Å². The SMILES string of the molecule is CCCn1c(Sc2ccc(CO)c(C)c2)n[nH]c1=O. The van der Waals surface area contributed by atoms with Crippen LogP contribution in [0.15, 0.2) is 33.0 Å². The minimum atomic E-state index is -0.173. The summed E-state index contributed by atoms with van der Waals surface area (Å²) < 4.78 is 1.64. The Morgan fingerprint density at radius 1 is 1.47 bits per heavy atom. The molecule has 2 N–H and O–H groups in total. The van der Waals surface area contributed by atoms with Crippen LogP contribution >= 0.6 is 11.8 Å². The van der Waals surface area contributed by atoms with E-state index in [-0.39, 0.29) is 12.3 Å². The van der Waals surface area contributed by atoms with Crippen molar-refractivity contribution < 1.29 is 5.11 Å². The summed E-state index contributed by atoms with van der Waals surface area (Å²) in [7, 11) is 0. The van der Waals surface area contributed by atoms with Crippen LogP contribution in [-0.2, 0) is 13.2 Å². The Hall–Kier alpha value is -1.53. The van der Waals surface area contributed by atoms with Gasteiger partial charge in [0, 0.05) is 11.4 Å². The van der Waals surface area contributed by atoms with Crippen LogP contribution in [-0.4, -0.2) is 19.9 Å². The molecule has 0 atom stereocenters. The van der Waals surface area contributed by atoms with Crippen molar-refractivity contribution in [3.63, 3.8) is 0 Å². The maximum Gasteiger partial charge on any atom is 0.343 e. The number of aliphatic hydroxyl groups excluding tert-OH is 1. The van der Waals surface area contributed by atoms with Crippen molar-refractivity contribution in [3.05, 3.63) is 39.8 Å². The molecule has 5 nitrogen and oxygen atoms in total. The van der Waals surface area contributed by atoms with Gasteiger partial charge in [-0.15, -0.1) is 5.10 Å². The largest absolute Gasteiger partial charge is 0.392 e. The molecule has 0 saturated carbocycles. The number of aromatic amines is 1. The highest BCUT2D eigenvalue weighted by atomic mass is 32.2. The zero-order valence-electron chi connectivity index (χ0n) is 11.0. The Morgan fingerprint density at radius 3 is 2.89 bits per heavy atom. The predicted octanol–water partition coefficient (Wildman–Crippen LogP) is 1.93. The minimum absolute atomic E-state index is 0.0414. The Bertz CT molecular complexity index is 619. The summed E-state index contributed by atoms with van der Waals surface area (Å²) >= 11 is 1.45. The second kappa shape index (κ2) is 6.08. The van der Waals surface area contributed by atoms with Gasteiger partial charge in [0.15, 0.2) is 5.16 Å². The first-order valence-corrected chi connectivity index (χ1v) is 7.00. The molecule has 0 radical (unpaired) electrons. The minimum Gasteiger partial charge on any atom is -0.392 e. The van der Waals surface area contributed by atoms with Gasteiger partial charge >= 0.3 is 5.69 Å². The molecule has 1 aromatic heterocycles. The summed E-state index contributed by atoms with van der Waals surface area (Å²) in [5.41, 5.74) is 1.78. The molecule has 0 fully saturated rings. The molecule has 2 rings (SSSR count). The second-order valence-corrected chi connectivity index (χ2v) is 5.35. The van der Waals surface area contributed by atoms with Crippen LogP contribution in [0.2, 0.25) is 0 Å². The van der Waals surface area contributed by atoms with Gasteiger partial charge in [0.1, 0.15) is 0 Å². The van der Waals surface area contributed by atoms with E-state index in [4.69, 9.17) is 5.11 Å². The molecular weight excluding hydrogens is 262 g/mol. The van der Waals surface area contributed by atoms with E-state index in [1.54, 1.807) is 4.57 Å². The van der Waals surface area contributed by atoms with Gasteiger partial charge in [-0.1, -0.05) is 13.0 Å². The van der Waals surface area contributed by atoms with Crippen LogP contribution in [0, 0.1) is 6.92 Å². The van der Waals surface area contributed by atoms with Crippen LogP contribution in [0.25, 0.3) is 0 Å². The fourth-order valence-electron chi connectivity index (χ4n) is 1.82. The summed E-state index contributed by atoms with van der Waals surface area (Å²) in [6.07, 6.45) is 0.884. The number of hydrogen-bond acceptors (Lipinski definition) is 4. The Morgan fingerprint density at radius 2 is 2.26 bits per heavy atom. The highest BCUT2D eigenvalue weighted by Gasteiger charge is 2.09. The van der Waals surface area contributed by atoms with E-state index in [9.17, 15) is 4.79 Å². The van der Waals surface area contributed by atoms with Crippen molar-refractivity contribution >= 4 is 11.8 Å². The topological polar surface area (TPSA) is 70.9 Å². The first kappa shape index (κ1) is 13.9. The Labute approximate surface area is 115 Å². The van der Waals surface area contributed by atoms with Gasteiger partial charge in [0.25, 0.3) is 0 Å². The zero-order chi connectivity index (χ0) is 13.8. The standard InChI is InChI=1S/C13H17N3O2S/c1-3-6-16-12(18)14-15-13(16)19-11-5-4-10(8-17)9(2)7-11/h4-5,7,17H,3,6,8H2,1-2H3,(H,14,18). The quantitative estimate of drug-likeness (QED) is 0.877. The molecule has 0 amide bonds. The zero-order valence-corrected chi connectivity index (χ0v) is 11.8. The van der Waals surface area contributed by atoms with Crippen molar-refractivity contribution in [2.24, 2.45) is 0 Å². The second-order valence-electron chi connectivity index (χ2n) is 4.31. The third kappa shape index (κ3) is 3.08. The lowest BCUT2D eigenvalue weighted by atomic mass is 10.1. The van der Waals surface area contributed by atoms with Crippen LogP contribution in [0.1, 0.15) is 24.5 Å². The molecule has 1 aromatic carbocycles. The predicted molar refractivity (Wildman–Crippen MR) is 74.4 cm³/mol. The third-order valence-corrected chi connectivity index (χ3v) is 3.85. The summed E-state index contributed by atoms with van der Waals surface area (Å²) in [5, 5.41) is 16.3. The lowest BCUT2D eigenvalue weighted by molar-refractivity contribution is 0.281. The summed E-state index contributed by atoms with van der Waals surface area (Å²) in [4.78, 5) is 12.6. The van der Waals surface area contributed by atoms with Crippen LogP contribution < -0.4 is 5.69 Å². The molecule has 19 heavy (non-hydrogen) atoms. The number of H-pyrrole nitrogens is 1. The molecule has 0 unspecified atom stereocenters. The molecule has 0 aliphatic rings. The van der Waals surface area contributed by atoms with E-state index in [1.165, 1.54) is 11.8 Å². The van der Waals surface area contributed by atoms with E-state index >= 15 is 0 Å². The maximum atomic E-state index is 11.6. The summed E-state index contributed by atoms with van der Waals surface area (Å²) in [6.45, 7) is 4.68. The van der Waals surface area contributed by atoms with E-state index < -0.39 is 0 Å². The molecule has 0 bridgehead atoms. The lowest BCUT2D eigenvalue weighted by Crippen LogP contribution is -2.17. The first-order chi connectivity index (χ1) is 9.15. The van der Waals surface area contributed by atoms with Gasteiger partial charge in [0.2, 0.25) is 0 Å². The first-order valence-electron chi connectivity index (χ1n) is 6.19. The number of benzene rings is 1. The molecule has 2 aromatic rings. The highest BCUT2D eigenvalue weighted by Crippen LogP contribution is 2.27. The number of aryl methyl sites for hydroxylation is 1. The van der Waals surface area contributed by atoms with Gasteiger partial charge in [-0.3, -0.25) is 4.57 Å². The Kier molecular flexibility index (Phi) is 4.44. The number of hydrogen-bond donors (Lipinski definition) is 2. The van der Waals surface area contributed by atoms with E-state index in [0.717, 1.165) is 22.4 Å². The molecule has 0 aliphatic heterocycles. The molecule has 0 spiro atoms. The highest BCUT2D eigenvalue weighted by molar-refractivity contribution is 7.99. The van der Waals surface area contributed by atoms with Crippen molar-refractivity contribution in [2.75, 3.05) is 0 Å². The van der Waals surface area contributed by atoms with Crippen molar-refractivity contribution in [1.82, 2.24) is 14.8 Å². The van der Waals surface area contributed by atoms with E-state index in [0.29, 0.717) is 11.7 Å². The fourth-order valence-corrected chi connectivity index (χ4v) is 2.77. The Balaban J connectivity index is 2.26. The number of aliphatic hydroxyl groups is 1. The third-order valence-electron chi connectivity index (χ3n) is 2.86. The fraction of sp³-hybridized carbons (Fsp3) is 0.385. The number of aromatic nitrogens is 3. The smallest absolute Gasteiger partial charge is 0.343 e. The average Bonchev–Trinajstić information content (AvgIpc) is 2.72. The van der Waals surface area contributed by atoms with Crippen LogP contribution in [0.4, 0.5) is 0 Å². The summed E-state index contributed by atoms with van der Waals surface area (Å²) in [5.74, 6) is 0. The maximum absolute atomic E-state index is 11.6. The van der Waals surface area contributed by atoms with Gasteiger partial charge in [-0.05, 0) is 48.4 Å². The molecular formula is C13H17N3O2S. The molecule has 0 aliphatic carbocycles. The van der Waals surface area contributed by atoms with Crippen molar-refractivity contribution in [1.29, 1.82) is 0 Å². The number of nitrogens with one attached hydrogen (secondary N) is 1. The van der Waals surface area contributed by atoms with Gasteiger partial charge in [0.05, 0.1) is 6.61 Å².